The molecule has 4 unspecified atom stereocenters. The largest absolute Gasteiger partial charge is 0.480 e. The molecule has 0 heterocycles. The lowest BCUT2D eigenvalue weighted by atomic mass is 10.0. The van der Waals surface area contributed by atoms with E-state index in [1.165, 1.54) is 11.8 Å². The molecule has 0 bridgehead atoms. The number of carboxylic acids is 1. The number of benzene rings is 1. The molecule has 0 fully saturated rings. The highest BCUT2D eigenvalue weighted by atomic mass is 32.2. The monoisotopic (exact) mass is 511 g/mol. The molecule has 1 rings (SSSR count). The summed E-state index contributed by atoms with van der Waals surface area (Å²) in [5, 5.41) is 25.9. The van der Waals surface area contributed by atoms with E-state index in [0.29, 0.717) is 11.3 Å². The number of carboxylic acid groups (broad SMARTS) is 1. The molecule has 0 radical (unpaired) electrons. The van der Waals surface area contributed by atoms with Crippen LogP contribution in [0, 0.1) is 0 Å². The second kappa shape index (κ2) is 15.7. The van der Waals surface area contributed by atoms with Crippen molar-refractivity contribution in [2.24, 2.45) is 11.5 Å². The van der Waals surface area contributed by atoms with E-state index < -0.39 is 60.4 Å². The summed E-state index contributed by atoms with van der Waals surface area (Å²) in [7, 11) is 0. The first kappa shape index (κ1) is 29.9. The third-order valence-corrected chi connectivity index (χ3v) is 5.63. The Morgan fingerprint density at radius 3 is 2.03 bits per heavy atom. The zero-order chi connectivity index (χ0) is 26.4. The second-order valence-electron chi connectivity index (χ2n) is 7.79. The van der Waals surface area contributed by atoms with Gasteiger partial charge in [0.1, 0.15) is 24.2 Å². The Kier molecular flexibility index (Phi) is 13.4. The van der Waals surface area contributed by atoms with Crippen LogP contribution < -0.4 is 27.4 Å². The molecule has 0 aliphatic heterocycles. The SMILES string of the molecule is CSCCC(NC(=O)C(CCC(N)=O)NC(=O)C(Cc1ccccc1)NC(=O)C(N)CO)C(=O)O. The van der Waals surface area contributed by atoms with Gasteiger partial charge in [-0.25, -0.2) is 4.79 Å². The molecule has 1 aromatic carbocycles. The third-order valence-electron chi connectivity index (χ3n) is 4.99. The molecular weight excluding hydrogens is 478 g/mol. The number of aliphatic carboxylic acids is 1. The molecule has 13 heteroatoms. The fraction of sp³-hybridized carbons (Fsp3) is 0.500. The van der Waals surface area contributed by atoms with Gasteiger partial charge in [0.05, 0.1) is 6.61 Å². The van der Waals surface area contributed by atoms with Crippen molar-refractivity contribution < 1.29 is 34.2 Å². The molecule has 1 aromatic rings. The lowest BCUT2D eigenvalue weighted by molar-refractivity contribution is -0.142. The van der Waals surface area contributed by atoms with Crippen molar-refractivity contribution in [1.29, 1.82) is 0 Å². The minimum atomic E-state index is -1.28. The van der Waals surface area contributed by atoms with Crippen molar-refractivity contribution in [2.45, 2.75) is 49.9 Å². The lowest BCUT2D eigenvalue weighted by Gasteiger charge is -2.25. The van der Waals surface area contributed by atoms with Crippen molar-refractivity contribution in [3.8, 4) is 0 Å². The van der Waals surface area contributed by atoms with Crippen molar-refractivity contribution in [2.75, 3.05) is 18.6 Å². The molecule has 0 aliphatic carbocycles. The van der Waals surface area contributed by atoms with Crippen LogP contribution in [0.2, 0.25) is 0 Å². The van der Waals surface area contributed by atoms with Crippen molar-refractivity contribution >= 4 is 41.4 Å². The number of hydrogen-bond acceptors (Lipinski definition) is 8. The minimum Gasteiger partial charge on any atom is -0.480 e. The average Bonchev–Trinajstić information content (AvgIpc) is 2.83. The minimum absolute atomic E-state index is 0.0478. The molecule has 9 N–H and O–H groups in total. The molecule has 12 nitrogen and oxygen atoms in total. The van der Waals surface area contributed by atoms with E-state index >= 15 is 0 Å². The summed E-state index contributed by atoms with van der Waals surface area (Å²) in [6.45, 7) is -0.637. The average molecular weight is 512 g/mol. The summed E-state index contributed by atoms with van der Waals surface area (Å²) >= 11 is 1.41. The fourth-order valence-electron chi connectivity index (χ4n) is 3.01. The summed E-state index contributed by atoms with van der Waals surface area (Å²) in [5.41, 5.74) is 11.4. The van der Waals surface area contributed by atoms with Gasteiger partial charge in [0, 0.05) is 12.8 Å². The number of carbonyl (C=O) groups excluding carboxylic acids is 4. The molecular formula is C22H33N5O7S. The van der Waals surface area contributed by atoms with Crippen LogP contribution in [0.4, 0.5) is 0 Å². The highest BCUT2D eigenvalue weighted by Crippen LogP contribution is 2.07. The van der Waals surface area contributed by atoms with Gasteiger partial charge in [-0.2, -0.15) is 11.8 Å². The summed E-state index contributed by atoms with van der Waals surface area (Å²) < 4.78 is 0. The van der Waals surface area contributed by atoms with E-state index in [0.717, 1.165) is 0 Å². The van der Waals surface area contributed by atoms with Gasteiger partial charge in [0.15, 0.2) is 0 Å². The van der Waals surface area contributed by atoms with Gasteiger partial charge in [-0.15, -0.1) is 0 Å². The first-order valence-electron chi connectivity index (χ1n) is 10.9. The van der Waals surface area contributed by atoms with E-state index in [1.54, 1.807) is 36.6 Å². The molecule has 35 heavy (non-hydrogen) atoms. The summed E-state index contributed by atoms with van der Waals surface area (Å²) in [6, 6.07) is 3.83. The normalized spacial score (nSPS) is 14.1. The maximum atomic E-state index is 13.1. The van der Waals surface area contributed by atoms with Crippen LogP contribution in [-0.4, -0.2) is 82.6 Å². The topological polar surface area (TPSA) is 214 Å². The van der Waals surface area contributed by atoms with Gasteiger partial charge in [0.25, 0.3) is 0 Å². The second-order valence-corrected chi connectivity index (χ2v) is 8.77. The van der Waals surface area contributed by atoms with Gasteiger partial charge in [-0.05, 0) is 30.4 Å². The number of aliphatic hydroxyl groups is 1. The zero-order valence-electron chi connectivity index (χ0n) is 19.4. The number of nitrogens with two attached hydrogens (primary N) is 2. The molecule has 0 spiro atoms. The number of thioether (sulfide) groups is 1. The van der Waals surface area contributed by atoms with E-state index in [2.05, 4.69) is 16.0 Å². The van der Waals surface area contributed by atoms with E-state index in [1.807, 2.05) is 0 Å². The van der Waals surface area contributed by atoms with Crippen LogP contribution in [0.3, 0.4) is 0 Å². The van der Waals surface area contributed by atoms with Crippen LogP contribution >= 0.6 is 11.8 Å². The van der Waals surface area contributed by atoms with E-state index in [9.17, 15) is 29.1 Å². The van der Waals surface area contributed by atoms with Crippen LogP contribution in [0.5, 0.6) is 0 Å². The molecule has 194 valence electrons. The third kappa shape index (κ3) is 11.2. The number of aliphatic hydroxyl groups excluding tert-OH is 1. The number of hydrogen-bond donors (Lipinski definition) is 7. The number of rotatable bonds is 16. The van der Waals surface area contributed by atoms with Gasteiger partial charge >= 0.3 is 5.97 Å². The number of nitrogens with one attached hydrogen (secondary N) is 3. The van der Waals surface area contributed by atoms with Crippen molar-refractivity contribution in [3.63, 3.8) is 0 Å². The standard InChI is InChI=1S/C22H33N5O7S/c1-35-10-9-16(22(33)34)26-20(31)15(7-8-18(24)29)25-21(32)17(27-19(30)14(23)12-28)11-13-5-3-2-4-6-13/h2-6,14-17,28H,7-12,23H2,1H3,(H2,24,29)(H,25,32)(H,26,31)(H,27,30)(H,33,34). The number of carbonyl (C=O) groups is 5. The highest BCUT2D eigenvalue weighted by molar-refractivity contribution is 7.98. The smallest absolute Gasteiger partial charge is 0.326 e. The Morgan fingerprint density at radius 1 is 0.914 bits per heavy atom. The summed E-state index contributed by atoms with van der Waals surface area (Å²) in [6.07, 6.45) is 1.58. The van der Waals surface area contributed by atoms with Gasteiger partial charge in [-0.1, -0.05) is 30.3 Å². The molecule has 4 atom stereocenters. The molecule has 0 aromatic heterocycles. The number of primary amides is 1. The molecule has 0 aliphatic rings. The highest BCUT2D eigenvalue weighted by Gasteiger charge is 2.30. The van der Waals surface area contributed by atoms with Crippen LogP contribution in [0.1, 0.15) is 24.8 Å². The Morgan fingerprint density at radius 2 is 1.49 bits per heavy atom. The van der Waals surface area contributed by atoms with Gasteiger partial charge in [0.2, 0.25) is 23.6 Å². The number of amides is 4. The Balaban J connectivity index is 3.08. The Hall–Kier alpha value is -3.16. The maximum Gasteiger partial charge on any atom is 0.326 e. The molecule has 0 saturated carbocycles. The predicted octanol–water partition coefficient (Wildman–Crippen LogP) is -1.89. The Bertz CT molecular complexity index is 871. The molecule has 0 saturated heterocycles. The lowest BCUT2D eigenvalue weighted by Crippen LogP contribution is -2.58. The van der Waals surface area contributed by atoms with Crippen molar-refractivity contribution in [3.05, 3.63) is 35.9 Å². The van der Waals surface area contributed by atoms with Crippen LogP contribution in [0.15, 0.2) is 30.3 Å². The van der Waals surface area contributed by atoms with Crippen LogP contribution in [-0.2, 0) is 30.4 Å². The van der Waals surface area contributed by atoms with E-state index in [4.69, 9.17) is 16.6 Å². The predicted molar refractivity (Wildman–Crippen MR) is 130 cm³/mol. The van der Waals surface area contributed by atoms with Crippen molar-refractivity contribution in [1.82, 2.24) is 16.0 Å². The van der Waals surface area contributed by atoms with E-state index in [-0.39, 0.29) is 25.7 Å². The zero-order valence-corrected chi connectivity index (χ0v) is 20.3. The molecule has 4 amide bonds. The Labute approximate surface area is 207 Å². The van der Waals surface area contributed by atoms with Gasteiger partial charge in [-0.3, -0.25) is 19.2 Å². The quantitative estimate of drug-likeness (QED) is 0.132. The maximum absolute atomic E-state index is 13.1. The summed E-state index contributed by atoms with van der Waals surface area (Å²) in [5.74, 6) is -3.80. The van der Waals surface area contributed by atoms with Crippen LogP contribution in [0.25, 0.3) is 0 Å². The summed E-state index contributed by atoms with van der Waals surface area (Å²) in [4.78, 5) is 61.0. The fourth-order valence-corrected chi connectivity index (χ4v) is 3.49. The first-order valence-corrected chi connectivity index (χ1v) is 12.3. The van der Waals surface area contributed by atoms with Gasteiger partial charge < -0.3 is 37.6 Å². The first-order chi connectivity index (χ1) is 16.6.